The minimum absolute atomic E-state index is 0.293. The molecule has 0 bridgehead atoms. The van der Waals surface area contributed by atoms with Crippen LogP contribution in [0.15, 0.2) is 0 Å². The molecule has 0 aliphatic carbocycles. The van der Waals surface area contributed by atoms with Crippen LogP contribution in [0.5, 0.6) is 0 Å². The smallest absolute Gasteiger partial charge is 0.0764 e. The molecule has 1 radical (unpaired) electrons. The first-order valence-corrected chi connectivity index (χ1v) is 3.84. The monoisotopic (exact) mass is 144 g/mol. The molecule has 0 aliphatic heterocycles. The Kier molecular flexibility index (Phi) is 5.64. The zero-order valence-electron chi connectivity index (χ0n) is 7.18. The molecule has 0 aliphatic rings. The quantitative estimate of drug-likeness (QED) is 0.594. The van der Waals surface area contributed by atoms with Crippen LogP contribution in [-0.2, 0) is 4.84 Å². The molecule has 0 saturated heterocycles. The topological polar surface area (TPSA) is 21.3 Å². The second kappa shape index (κ2) is 5.69. The zero-order chi connectivity index (χ0) is 7.98. The molecule has 0 aromatic carbocycles. The highest BCUT2D eigenvalue weighted by atomic mass is 16.7. The summed E-state index contributed by atoms with van der Waals surface area (Å²) < 4.78 is 0. The lowest BCUT2D eigenvalue weighted by atomic mass is 10.1. The standard InChI is InChI=1S/C8H18NO/c1-5-9-10-8(4)6-7(2)3/h7-9H,1,5-6H2,2-4H3. The summed E-state index contributed by atoms with van der Waals surface area (Å²) in [6.07, 6.45) is 1.38. The van der Waals surface area contributed by atoms with E-state index in [-0.39, 0.29) is 0 Å². The van der Waals surface area contributed by atoms with Gasteiger partial charge in [-0.25, -0.2) is 5.48 Å². The first-order chi connectivity index (χ1) is 4.66. The molecule has 0 aromatic heterocycles. The van der Waals surface area contributed by atoms with Gasteiger partial charge >= 0.3 is 0 Å². The van der Waals surface area contributed by atoms with Crippen molar-refractivity contribution in [2.75, 3.05) is 6.54 Å². The molecule has 61 valence electrons. The summed E-state index contributed by atoms with van der Waals surface area (Å²) >= 11 is 0. The average molecular weight is 144 g/mol. The van der Waals surface area contributed by atoms with Crippen molar-refractivity contribution in [2.24, 2.45) is 5.92 Å². The molecule has 1 unspecified atom stereocenters. The second-order valence-electron chi connectivity index (χ2n) is 2.95. The molecular weight excluding hydrogens is 126 g/mol. The van der Waals surface area contributed by atoms with Gasteiger partial charge in [0.1, 0.15) is 0 Å². The van der Waals surface area contributed by atoms with E-state index in [1.54, 1.807) is 0 Å². The lowest BCUT2D eigenvalue weighted by Gasteiger charge is -2.13. The zero-order valence-corrected chi connectivity index (χ0v) is 7.18. The van der Waals surface area contributed by atoms with Gasteiger partial charge in [-0.1, -0.05) is 13.8 Å². The molecule has 0 heterocycles. The Hall–Kier alpha value is -0.0800. The maximum absolute atomic E-state index is 5.19. The van der Waals surface area contributed by atoms with Crippen LogP contribution in [0.4, 0.5) is 0 Å². The number of hydrogen-bond acceptors (Lipinski definition) is 2. The lowest BCUT2D eigenvalue weighted by Crippen LogP contribution is -2.22. The number of hydroxylamine groups is 1. The van der Waals surface area contributed by atoms with E-state index in [2.05, 4.69) is 33.2 Å². The van der Waals surface area contributed by atoms with Gasteiger partial charge in [0.05, 0.1) is 6.10 Å². The maximum Gasteiger partial charge on any atom is 0.0764 e. The van der Waals surface area contributed by atoms with Crippen molar-refractivity contribution in [1.82, 2.24) is 5.48 Å². The molecule has 0 aromatic rings. The Morgan fingerprint density at radius 1 is 1.40 bits per heavy atom. The Morgan fingerprint density at radius 2 is 2.00 bits per heavy atom. The predicted octanol–water partition coefficient (Wildman–Crippen LogP) is 1.78. The average Bonchev–Trinajstić information content (AvgIpc) is 1.82. The van der Waals surface area contributed by atoms with Gasteiger partial charge in [0.25, 0.3) is 0 Å². The summed E-state index contributed by atoms with van der Waals surface area (Å²) in [6.45, 7) is 10.7. The van der Waals surface area contributed by atoms with Gasteiger partial charge in [-0.05, 0) is 26.2 Å². The maximum atomic E-state index is 5.19. The van der Waals surface area contributed by atoms with Gasteiger partial charge in [0, 0.05) is 6.54 Å². The van der Waals surface area contributed by atoms with Crippen molar-refractivity contribution >= 4 is 0 Å². The van der Waals surface area contributed by atoms with Crippen LogP contribution < -0.4 is 5.48 Å². The van der Waals surface area contributed by atoms with Gasteiger partial charge in [-0.3, -0.25) is 4.84 Å². The normalized spacial score (nSPS) is 14.1. The fourth-order valence-electron chi connectivity index (χ4n) is 0.913. The second-order valence-corrected chi connectivity index (χ2v) is 2.95. The Balaban J connectivity index is 3.16. The van der Waals surface area contributed by atoms with Crippen molar-refractivity contribution in [3.05, 3.63) is 6.92 Å². The van der Waals surface area contributed by atoms with E-state index < -0.39 is 0 Å². The van der Waals surface area contributed by atoms with Crippen molar-refractivity contribution in [3.63, 3.8) is 0 Å². The molecule has 2 nitrogen and oxygen atoms in total. The van der Waals surface area contributed by atoms with E-state index in [0.29, 0.717) is 18.6 Å². The van der Waals surface area contributed by atoms with Crippen molar-refractivity contribution in [3.8, 4) is 0 Å². The van der Waals surface area contributed by atoms with Gasteiger partial charge in [0.2, 0.25) is 0 Å². The van der Waals surface area contributed by atoms with E-state index in [1.807, 2.05) is 0 Å². The van der Waals surface area contributed by atoms with Crippen LogP contribution in [0.3, 0.4) is 0 Å². The van der Waals surface area contributed by atoms with Crippen molar-refractivity contribution in [1.29, 1.82) is 0 Å². The highest BCUT2D eigenvalue weighted by Gasteiger charge is 2.03. The van der Waals surface area contributed by atoms with E-state index in [4.69, 9.17) is 4.84 Å². The summed E-state index contributed by atoms with van der Waals surface area (Å²) in [5.74, 6) is 0.696. The molecule has 0 fully saturated rings. The molecule has 10 heavy (non-hydrogen) atoms. The third kappa shape index (κ3) is 6.05. The van der Waals surface area contributed by atoms with Crippen LogP contribution in [0.2, 0.25) is 0 Å². The highest BCUT2D eigenvalue weighted by molar-refractivity contribution is 4.52. The third-order valence-corrected chi connectivity index (χ3v) is 1.19. The lowest BCUT2D eigenvalue weighted by molar-refractivity contribution is -0.0189. The van der Waals surface area contributed by atoms with Crippen LogP contribution >= 0.6 is 0 Å². The SMILES string of the molecule is [CH2]CNOC(C)CC(C)C. The summed E-state index contributed by atoms with van der Waals surface area (Å²) in [6, 6.07) is 0. The minimum Gasteiger partial charge on any atom is -0.299 e. The van der Waals surface area contributed by atoms with Crippen molar-refractivity contribution in [2.45, 2.75) is 33.3 Å². The van der Waals surface area contributed by atoms with E-state index in [1.165, 1.54) is 0 Å². The molecule has 0 amide bonds. The minimum atomic E-state index is 0.293. The fraction of sp³-hybridized carbons (Fsp3) is 0.875. The molecule has 0 saturated carbocycles. The summed E-state index contributed by atoms with van der Waals surface area (Å²) in [5.41, 5.74) is 2.74. The van der Waals surface area contributed by atoms with Crippen molar-refractivity contribution < 1.29 is 4.84 Å². The Bertz CT molecular complexity index is 73.7. The highest BCUT2D eigenvalue weighted by Crippen LogP contribution is 2.05. The molecule has 1 N–H and O–H groups in total. The first kappa shape index (κ1) is 9.92. The Morgan fingerprint density at radius 3 is 2.40 bits per heavy atom. The number of rotatable bonds is 5. The largest absolute Gasteiger partial charge is 0.299 e. The molecule has 1 atom stereocenters. The summed E-state index contributed by atoms with van der Waals surface area (Å²) in [4.78, 5) is 5.19. The predicted molar refractivity (Wildman–Crippen MR) is 43.4 cm³/mol. The fourth-order valence-corrected chi connectivity index (χ4v) is 0.913. The van der Waals surface area contributed by atoms with Gasteiger partial charge in [0.15, 0.2) is 0 Å². The van der Waals surface area contributed by atoms with E-state index in [0.717, 1.165) is 6.42 Å². The molecule has 2 heteroatoms. The van der Waals surface area contributed by atoms with E-state index >= 15 is 0 Å². The van der Waals surface area contributed by atoms with Crippen LogP contribution in [0.1, 0.15) is 27.2 Å². The van der Waals surface area contributed by atoms with Gasteiger partial charge in [-0.2, -0.15) is 0 Å². The number of nitrogens with one attached hydrogen (secondary N) is 1. The van der Waals surface area contributed by atoms with E-state index in [9.17, 15) is 0 Å². The van der Waals surface area contributed by atoms with Crippen LogP contribution in [0.25, 0.3) is 0 Å². The summed E-state index contributed by atoms with van der Waals surface area (Å²) in [5, 5.41) is 0. The number of hydrogen-bond donors (Lipinski definition) is 1. The summed E-state index contributed by atoms with van der Waals surface area (Å²) in [7, 11) is 0. The molecular formula is C8H18NO. The van der Waals surface area contributed by atoms with Crippen LogP contribution in [-0.4, -0.2) is 12.6 Å². The first-order valence-electron chi connectivity index (χ1n) is 3.84. The van der Waals surface area contributed by atoms with Gasteiger partial charge in [-0.15, -0.1) is 0 Å². The van der Waals surface area contributed by atoms with Gasteiger partial charge < -0.3 is 0 Å². The molecule has 0 spiro atoms. The van der Waals surface area contributed by atoms with Crippen LogP contribution in [0, 0.1) is 12.8 Å². The third-order valence-electron chi connectivity index (χ3n) is 1.19. The molecule has 0 rings (SSSR count). The Labute approximate surface area is 63.9 Å².